The van der Waals surface area contributed by atoms with E-state index in [1.807, 2.05) is 38.1 Å². The molecular weight excluding hydrogens is 492 g/mol. The number of carbonyl (C=O) groups is 3. The van der Waals surface area contributed by atoms with Gasteiger partial charge in [-0.3, -0.25) is 14.9 Å². The second kappa shape index (κ2) is 10.8. The molecule has 4 aromatic rings. The minimum atomic E-state index is -0.777. The van der Waals surface area contributed by atoms with Crippen molar-refractivity contribution in [1.29, 1.82) is 0 Å². The number of rotatable bonds is 7. The van der Waals surface area contributed by atoms with Crippen LogP contribution in [0.3, 0.4) is 0 Å². The number of nitrogens with zero attached hydrogens (tertiary/aromatic N) is 1. The highest BCUT2D eigenvalue weighted by Crippen LogP contribution is 2.31. The van der Waals surface area contributed by atoms with Gasteiger partial charge in [0.05, 0.1) is 12.8 Å². The molecule has 0 aliphatic carbocycles. The molecule has 1 heterocycles. The van der Waals surface area contributed by atoms with Gasteiger partial charge in [-0.15, -0.1) is 0 Å². The van der Waals surface area contributed by atoms with Crippen LogP contribution in [-0.2, 0) is 22.6 Å². The Morgan fingerprint density at radius 2 is 1.69 bits per heavy atom. The Balaban J connectivity index is 1.53. The molecule has 0 saturated carbocycles. The van der Waals surface area contributed by atoms with Gasteiger partial charge in [0.1, 0.15) is 23.7 Å². The van der Waals surface area contributed by atoms with Crippen molar-refractivity contribution in [3.8, 4) is 11.5 Å². The molecule has 4 aromatic carbocycles. The molecule has 0 bridgehead atoms. The lowest BCUT2D eigenvalue weighted by atomic mass is 10.0. The van der Waals surface area contributed by atoms with Gasteiger partial charge < -0.3 is 9.47 Å². The molecule has 0 atom stereocenters. The Kier molecular flexibility index (Phi) is 7.14. The molecule has 0 aromatic heterocycles. The van der Waals surface area contributed by atoms with E-state index in [9.17, 15) is 14.4 Å². The molecule has 39 heavy (non-hydrogen) atoms. The van der Waals surface area contributed by atoms with Crippen molar-refractivity contribution in [1.82, 2.24) is 5.32 Å². The monoisotopic (exact) mass is 520 g/mol. The Labute approximate surface area is 226 Å². The minimum Gasteiger partial charge on any atom is -0.497 e. The molecule has 1 N–H and O–H groups in total. The Morgan fingerprint density at radius 1 is 0.923 bits per heavy atom. The molecular formula is C32H28N2O5. The van der Waals surface area contributed by atoms with E-state index in [-0.39, 0.29) is 12.2 Å². The van der Waals surface area contributed by atoms with Gasteiger partial charge in [0.2, 0.25) is 0 Å². The summed E-state index contributed by atoms with van der Waals surface area (Å²) >= 11 is 0. The van der Waals surface area contributed by atoms with Crippen LogP contribution in [-0.4, -0.2) is 25.0 Å². The van der Waals surface area contributed by atoms with Crippen LogP contribution in [0.1, 0.15) is 29.2 Å². The largest absolute Gasteiger partial charge is 0.497 e. The zero-order valence-corrected chi connectivity index (χ0v) is 22.0. The summed E-state index contributed by atoms with van der Waals surface area (Å²) in [6.07, 6.45) is 2.07. The molecule has 7 heteroatoms. The summed E-state index contributed by atoms with van der Waals surface area (Å²) in [4.78, 5) is 40.1. The molecule has 0 unspecified atom stereocenters. The number of fused-ring (bicyclic) bond motifs is 1. The van der Waals surface area contributed by atoms with Gasteiger partial charge in [0, 0.05) is 17.2 Å². The van der Waals surface area contributed by atoms with Crippen molar-refractivity contribution in [3.05, 3.63) is 107 Å². The van der Waals surface area contributed by atoms with Crippen molar-refractivity contribution >= 4 is 40.4 Å². The highest BCUT2D eigenvalue weighted by molar-refractivity contribution is 6.39. The number of anilines is 1. The van der Waals surface area contributed by atoms with E-state index in [1.165, 1.54) is 6.08 Å². The van der Waals surface area contributed by atoms with Gasteiger partial charge in [0.25, 0.3) is 11.8 Å². The van der Waals surface area contributed by atoms with E-state index < -0.39 is 17.8 Å². The summed E-state index contributed by atoms with van der Waals surface area (Å²) in [5.41, 5.74) is 3.71. The Morgan fingerprint density at radius 3 is 2.49 bits per heavy atom. The van der Waals surface area contributed by atoms with E-state index in [0.717, 1.165) is 32.4 Å². The molecule has 5 rings (SSSR count). The van der Waals surface area contributed by atoms with Crippen LogP contribution in [0, 0.1) is 6.92 Å². The average Bonchev–Trinajstić information content (AvgIpc) is 2.95. The Bertz CT molecular complexity index is 1640. The number of aryl methyl sites for hydroxylation is 2. The first-order valence-electron chi connectivity index (χ1n) is 12.7. The number of carbonyl (C=O) groups excluding carboxylic acids is 3. The predicted molar refractivity (Wildman–Crippen MR) is 151 cm³/mol. The Hall–Kier alpha value is -4.91. The van der Waals surface area contributed by atoms with Crippen molar-refractivity contribution in [2.75, 3.05) is 12.0 Å². The number of para-hydroxylation sites is 1. The molecule has 1 fully saturated rings. The average molecular weight is 521 g/mol. The minimum absolute atomic E-state index is 0.170. The number of hydrogen-bond donors (Lipinski definition) is 1. The lowest BCUT2D eigenvalue weighted by molar-refractivity contribution is -0.122. The molecule has 0 spiro atoms. The number of methoxy groups -OCH3 is 1. The number of benzene rings is 4. The molecule has 1 aliphatic heterocycles. The van der Waals surface area contributed by atoms with Crippen molar-refractivity contribution in [3.63, 3.8) is 0 Å². The highest BCUT2D eigenvalue weighted by atomic mass is 16.5. The van der Waals surface area contributed by atoms with Crippen LogP contribution in [0.15, 0.2) is 84.4 Å². The maximum atomic E-state index is 13.5. The second-order valence-corrected chi connectivity index (χ2v) is 9.21. The van der Waals surface area contributed by atoms with E-state index in [0.29, 0.717) is 29.2 Å². The first-order valence-corrected chi connectivity index (χ1v) is 12.7. The van der Waals surface area contributed by atoms with Crippen LogP contribution < -0.4 is 19.7 Å². The fraction of sp³-hybridized carbons (Fsp3) is 0.156. The van der Waals surface area contributed by atoms with Crippen LogP contribution in [0.4, 0.5) is 10.5 Å². The number of ether oxygens (including phenoxy) is 2. The quantitative estimate of drug-likeness (QED) is 0.240. The summed E-state index contributed by atoms with van der Waals surface area (Å²) < 4.78 is 11.7. The van der Waals surface area contributed by atoms with Crippen LogP contribution in [0.25, 0.3) is 16.8 Å². The van der Waals surface area contributed by atoms with Crippen molar-refractivity contribution < 1.29 is 23.9 Å². The first kappa shape index (κ1) is 25.7. The number of hydrogen-bond acceptors (Lipinski definition) is 5. The van der Waals surface area contributed by atoms with Crippen molar-refractivity contribution in [2.45, 2.75) is 26.9 Å². The lowest BCUT2D eigenvalue weighted by Crippen LogP contribution is -2.54. The third kappa shape index (κ3) is 4.99. The van der Waals surface area contributed by atoms with Crippen LogP contribution in [0.5, 0.6) is 11.5 Å². The van der Waals surface area contributed by atoms with Gasteiger partial charge in [-0.25, -0.2) is 9.69 Å². The van der Waals surface area contributed by atoms with E-state index >= 15 is 0 Å². The number of urea groups is 1. The normalized spacial score (nSPS) is 14.6. The fourth-order valence-corrected chi connectivity index (χ4v) is 4.73. The molecule has 1 saturated heterocycles. The van der Waals surface area contributed by atoms with Crippen molar-refractivity contribution in [2.24, 2.45) is 0 Å². The number of imide groups is 2. The van der Waals surface area contributed by atoms with Crippen LogP contribution >= 0.6 is 0 Å². The number of nitrogens with one attached hydrogen (secondary N) is 1. The van der Waals surface area contributed by atoms with E-state index in [4.69, 9.17) is 9.47 Å². The van der Waals surface area contributed by atoms with E-state index in [1.54, 1.807) is 37.4 Å². The van der Waals surface area contributed by atoms with Gasteiger partial charge in [-0.05, 0) is 59.5 Å². The third-order valence-corrected chi connectivity index (χ3v) is 6.88. The van der Waals surface area contributed by atoms with Gasteiger partial charge >= 0.3 is 6.03 Å². The molecule has 196 valence electrons. The van der Waals surface area contributed by atoms with Gasteiger partial charge in [-0.1, -0.05) is 61.5 Å². The summed E-state index contributed by atoms with van der Waals surface area (Å²) in [6, 6.07) is 23.7. The maximum Gasteiger partial charge on any atom is 0.335 e. The topological polar surface area (TPSA) is 84.9 Å². The zero-order valence-electron chi connectivity index (χ0n) is 22.0. The molecule has 4 amide bonds. The lowest BCUT2D eigenvalue weighted by Gasteiger charge is -2.28. The summed E-state index contributed by atoms with van der Waals surface area (Å²) in [5.74, 6) is -0.458. The predicted octanol–water partition coefficient (Wildman–Crippen LogP) is 5.96. The third-order valence-electron chi connectivity index (χ3n) is 6.88. The standard InChI is InChI=1S/C32H28N2O5/c1-4-21-9-6-8-12-28(21)34-31(36)26(30(35)33-32(34)37)17-23-15-16-24(38-3)18-29(23)39-19-27-20(2)13-14-22-10-5-7-11-25(22)27/h5-18H,4,19H2,1-3H3,(H,33,35,37)/b26-17-. The fourth-order valence-electron chi connectivity index (χ4n) is 4.73. The second-order valence-electron chi connectivity index (χ2n) is 9.21. The van der Waals surface area contributed by atoms with Gasteiger partial charge in [-0.2, -0.15) is 0 Å². The SMILES string of the molecule is CCc1ccccc1N1C(=O)NC(=O)/C(=C/c2ccc(OC)cc2OCc2c(C)ccc3ccccc23)C1=O. The summed E-state index contributed by atoms with van der Waals surface area (Å²) in [6.45, 7) is 4.24. The van der Waals surface area contributed by atoms with E-state index in [2.05, 4.69) is 29.6 Å². The van der Waals surface area contributed by atoms with Crippen LogP contribution in [0.2, 0.25) is 0 Å². The molecule has 1 aliphatic rings. The summed E-state index contributed by atoms with van der Waals surface area (Å²) in [7, 11) is 1.55. The highest BCUT2D eigenvalue weighted by Gasteiger charge is 2.37. The van der Waals surface area contributed by atoms with Gasteiger partial charge in [0.15, 0.2) is 0 Å². The summed E-state index contributed by atoms with van der Waals surface area (Å²) in [5, 5.41) is 4.50. The number of amides is 4. The number of barbiturate groups is 1. The zero-order chi connectivity index (χ0) is 27.5. The maximum absolute atomic E-state index is 13.5. The molecule has 0 radical (unpaired) electrons. The molecule has 7 nitrogen and oxygen atoms in total. The smallest absolute Gasteiger partial charge is 0.335 e. The first-order chi connectivity index (χ1) is 18.9.